The SMILES string of the molecule is O=C(NC1(c2ncccn2)CCOCC1)C1COc2ccccc2C1. The number of fused-ring (bicyclic) bond motifs is 1. The first kappa shape index (κ1) is 16.0. The Bertz CT molecular complexity index is 745. The third-order valence-electron chi connectivity index (χ3n) is 4.95. The Balaban J connectivity index is 1.54. The lowest BCUT2D eigenvalue weighted by Gasteiger charge is -2.38. The molecule has 1 amide bonds. The summed E-state index contributed by atoms with van der Waals surface area (Å²) < 4.78 is 11.3. The molecule has 2 aliphatic heterocycles. The monoisotopic (exact) mass is 339 g/mol. The Morgan fingerprint density at radius 2 is 1.88 bits per heavy atom. The highest BCUT2D eigenvalue weighted by atomic mass is 16.5. The van der Waals surface area contributed by atoms with Crippen LogP contribution in [0, 0.1) is 5.92 Å². The Morgan fingerprint density at radius 1 is 1.12 bits per heavy atom. The summed E-state index contributed by atoms with van der Waals surface area (Å²) in [5.41, 5.74) is 0.513. The fourth-order valence-electron chi connectivity index (χ4n) is 3.50. The highest BCUT2D eigenvalue weighted by Crippen LogP contribution is 2.32. The van der Waals surface area contributed by atoms with Crippen molar-refractivity contribution in [2.45, 2.75) is 24.8 Å². The summed E-state index contributed by atoms with van der Waals surface area (Å²) in [7, 11) is 0. The topological polar surface area (TPSA) is 73.3 Å². The summed E-state index contributed by atoms with van der Waals surface area (Å²) in [6.07, 6.45) is 5.46. The zero-order chi connectivity index (χ0) is 17.1. The van der Waals surface area contributed by atoms with Crippen LogP contribution in [0.2, 0.25) is 0 Å². The number of amides is 1. The van der Waals surface area contributed by atoms with Gasteiger partial charge in [0.25, 0.3) is 0 Å². The van der Waals surface area contributed by atoms with Gasteiger partial charge in [0.05, 0.1) is 5.92 Å². The van der Waals surface area contributed by atoms with Crippen molar-refractivity contribution in [3.8, 4) is 5.75 Å². The summed E-state index contributed by atoms with van der Waals surface area (Å²) in [6, 6.07) is 9.66. The van der Waals surface area contributed by atoms with Crippen LogP contribution < -0.4 is 10.1 Å². The average molecular weight is 339 g/mol. The highest BCUT2D eigenvalue weighted by molar-refractivity contribution is 5.80. The fraction of sp³-hybridized carbons (Fsp3) is 0.421. The normalized spacial score (nSPS) is 21.7. The first-order valence-corrected chi connectivity index (χ1v) is 8.65. The van der Waals surface area contributed by atoms with E-state index in [1.54, 1.807) is 18.5 Å². The number of para-hydroxylation sites is 1. The second-order valence-corrected chi connectivity index (χ2v) is 6.58. The minimum atomic E-state index is -0.562. The van der Waals surface area contributed by atoms with Crippen molar-refractivity contribution >= 4 is 5.91 Å². The van der Waals surface area contributed by atoms with Crippen LogP contribution in [0.15, 0.2) is 42.7 Å². The Morgan fingerprint density at radius 3 is 2.68 bits per heavy atom. The number of hydrogen-bond acceptors (Lipinski definition) is 5. The van der Waals surface area contributed by atoms with Gasteiger partial charge in [0, 0.05) is 38.4 Å². The number of benzene rings is 1. The summed E-state index contributed by atoms with van der Waals surface area (Å²) >= 11 is 0. The predicted molar refractivity (Wildman–Crippen MR) is 91.0 cm³/mol. The summed E-state index contributed by atoms with van der Waals surface area (Å²) in [5, 5.41) is 3.23. The Kier molecular flexibility index (Phi) is 4.36. The zero-order valence-corrected chi connectivity index (χ0v) is 14.0. The van der Waals surface area contributed by atoms with Crippen LogP contribution in [-0.2, 0) is 21.5 Å². The number of nitrogens with zero attached hydrogens (tertiary/aromatic N) is 2. The molecule has 130 valence electrons. The van der Waals surface area contributed by atoms with Crippen molar-refractivity contribution in [2.24, 2.45) is 5.92 Å². The molecule has 1 aromatic carbocycles. The smallest absolute Gasteiger partial charge is 0.227 e. The van der Waals surface area contributed by atoms with Gasteiger partial charge < -0.3 is 14.8 Å². The molecule has 4 rings (SSSR count). The van der Waals surface area contributed by atoms with E-state index in [0.717, 1.165) is 11.3 Å². The van der Waals surface area contributed by atoms with E-state index in [1.165, 1.54) is 0 Å². The standard InChI is InChI=1S/C19H21N3O3/c23-17(15-12-14-4-1-2-5-16(14)25-13-15)22-19(6-10-24-11-7-19)18-20-8-3-9-21-18/h1-5,8-9,15H,6-7,10-13H2,(H,22,23). The van der Waals surface area contributed by atoms with Crippen molar-refractivity contribution in [2.75, 3.05) is 19.8 Å². The molecular formula is C19H21N3O3. The third kappa shape index (κ3) is 3.22. The molecular weight excluding hydrogens is 318 g/mol. The largest absolute Gasteiger partial charge is 0.492 e. The van der Waals surface area contributed by atoms with E-state index >= 15 is 0 Å². The fourth-order valence-corrected chi connectivity index (χ4v) is 3.50. The second kappa shape index (κ2) is 6.80. The molecule has 1 aromatic heterocycles. The van der Waals surface area contributed by atoms with Crippen molar-refractivity contribution in [3.63, 3.8) is 0 Å². The molecule has 6 heteroatoms. The quantitative estimate of drug-likeness (QED) is 0.924. The van der Waals surface area contributed by atoms with Crippen LogP contribution in [0.4, 0.5) is 0 Å². The number of ether oxygens (including phenoxy) is 2. The van der Waals surface area contributed by atoms with Gasteiger partial charge in [-0.15, -0.1) is 0 Å². The molecule has 3 heterocycles. The summed E-state index contributed by atoms with van der Waals surface area (Å²) in [4.78, 5) is 21.8. The van der Waals surface area contributed by atoms with E-state index in [-0.39, 0.29) is 11.8 Å². The molecule has 2 aromatic rings. The van der Waals surface area contributed by atoms with Gasteiger partial charge in [-0.05, 0) is 24.1 Å². The molecule has 0 radical (unpaired) electrons. The molecule has 6 nitrogen and oxygen atoms in total. The number of carbonyl (C=O) groups is 1. The van der Waals surface area contributed by atoms with Crippen LogP contribution in [0.5, 0.6) is 5.75 Å². The van der Waals surface area contributed by atoms with Gasteiger partial charge in [-0.25, -0.2) is 9.97 Å². The molecule has 0 saturated carbocycles. The number of nitrogens with one attached hydrogen (secondary N) is 1. The first-order valence-electron chi connectivity index (χ1n) is 8.65. The predicted octanol–water partition coefficient (Wildman–Crippen LogP) is 1.85. The molecule has 1 N–H and O–H groups in total. The van der Waals surface area contributed by atoms with Crippen molar-refractivity contribution in [1.29, 1.82) is 0 Å². The maximum absolute atomic E-state index is 13.0. The van der Waals surface area contributed by atoms with Gasteiger partial charge in [0.2, 0.25) is 5.91 Å². The van der Waals surface area contributed by atoms with Crippen molar-refractivity contribution < 1.29 is 14.3 Å². The summed E-state index contributed by atoms with van der Waals surface area (Å²) in [5.74, 6) is 1.31. The maximum atomic E-state index is 13.0. The van der Waals surface area contributed by atoms with E-state index < -0.39 is 5.54 Å². The molecule has 1 atom stereocenters. The highest BCUT2D eigenvalue weighted by Gasteiger charge is 2.40. The molecule has 25 heavy (non-hydrogen) atoms. The lowest BCUT2D eigenvalue weighted by Crippen LogP contribution is -2.53. The lowest BCUT2D eigenvalue weighted by atomic mass is 9.87. The van der Waals surface area contributed by atoms with Crippen LogP contribution in [-0.4, -0.2) is 35.7 Å². The van der Waals surface area contributed by atoms with E-state index in [9.17, 15) is 4.79 Å². The van der Waals surface area contributed by atoms with Gasteiger partial charge in [-0.3, -0.25) is 4.79 Å². The average Bonchev–Trinajstić information content (AvgIpc) is 2.69. The molecule has 1 fully saturated rings. The summed E-state index contributed by atoms with van der Waals surface area (Å²) in [6.45, 7) is 1.57. The molecule has 2 aliphatic rings. The maximum Gasteiger partial charge on any atom is 0.227 e. The van der Waals surface area contributed by atoms with Crippen LogP contribution in [0.1, 0.15) is 24.2 Å². The number of carbonyl (C=O) groups excluding carboxylic acids is 1. The van der Waals surface area contributed by atoms with Crippen LogP contribution >= 0.6 is 0 Å². The van der Waals surface area contributed by atoms with Crippen LogP contribution in [0.25, 0.3) is 0 Å². The first-order chi connectivity index (χ1) is 12.3. The second-order valence-electron chi connectivity index (χ2n) is 6.58. The lowest BCUT2D eigenvalue weighted by molar-refractivity contribution is -0.130. The van der Waals surface area contributed by atoms with Crippen molar-refractivity contribution in [3.05, 3.63) is 54.1 Å². The molecule has 0 spiro atoms. The number of hydrogen-bond donors (Lipinski definition) is 1. The van der Waals surface area contributed by atoms with Gasteiger partial charge in [0.1, 0.15) is 17.9 Å². The van der Waals surface area contributed by atoms with Gasteiger partial charge in [0.15, 0.2) is 5.82 Å². The Labute approximate surface area is 146 Å². The van der Waals surface area contributed by atoms with Crippen LogP contribution in [0.3, 0.4) is 0 Å². The van der Waals surface area contributed by atoms with Gasteiger partial charge in [-0.1, -0.05) is 18.2 Å². The molecule has 0 bridgehead atoms. The third-order valence-corrected chi connectivity index (χ3v) is 4.95. The van der Waals surface area contributed by atoms with Gasteiger partial charge in [-0.2, -0.15) is 0 Å². The van der Waals surface area contributed by atoms with E-state index in [1.807, 2.05) is 24.3 Å². The zero-order valence-electron chi connectivity index (χ0n) is 14.0. The molecule has 0 aliphatic carbocycles. The van der Waals surface area contributed by atoms with Gasteiger partial charge >= 0.3 is 0 Å². The number of aromatic nitrogens is 2. The number of rotatable bonds is 3. The molecule has 1 unspecified atom stereocenters. The minimum Gasteiger partial charge on any atom is -0.492 e. The van der Waals surface area contributed by atoms with E-state index in [0.29, 0.717) is 44.9 Å². The Hall–Kier alpha value is -2.47. The minimum absolute atomic E-state index is 0.0103. The molecule has 1 saturated heterocycles. The van der Waals surface area contributed by atoms with Crippen molar-refractivity contribution in [1.82, 2.24) is 15.3 Å². The van der Waals surface area contributed by atoms with E-state index in [4.69, 9.17) is 9.47 Å². The van der Waals surface area contributed by atoms with E-state index in [2.05, 4.69) is 15.3 Å².